The van der Waals surface area contributed by atoms with Crippen LogP contribution in [0.2, 0.25) is 0 Å². The second-order valence-electron chi connectivity index (χ2n) is 5.65. The Morgan fingerprint density at radius 1 is 1.35 bits per heavy atom. The molecule has 1 saturated heterocycles. The van der Waals surface area contributed by atoms with E-state index in [2.05, 4.69) is 32.6 Å². The molecule has 23 heavy (non-hydrogen) atoms. The number of hydrogen-bond donors (Lipinski definition) is 2. The SMILES string of the molecule is O=C(Nc1cccc2ccsc12)N1CCCCC1c1ncn[nH]1. The first-order valence-corrected chi connectivity index (χ1v) is 8.60. The fraction of sp³-hybridized carbons (Fsp3) is 0.312. The molecule has 0 saturated carbocycles. The minimum absolute atomic E-state index is 0.0335. The van der Waals surface area contributed by atoms with Gasteiger partial charge in [-0.3, -0.25) is 5.10 Å². The average Bonchev–Trinajstić information content (AvgIpc) is 3.27. The van der Waals surface area contributed by atoms with Crippen molar-refractivity contribution in [2.24, 2.45) is 0 Å². The van der Waals surface area contributed by atoms with E-state index in [0.717, 1.165) is 47.4 Å². The molecule has 1 fully saturated rings. The van der Waals surface area contributed by atoms with Crippen molar-refractivity contribution in [2.75, 3.05) is 11.9 Å². The number of nitrogens with one attached hydrogen (secondary N) is 2. The van der Waals surface area contributed by atoms with Crippen molar-refractivity contribution in [3.8, 4) is 0 Å². The quantitative estimate of drug-likeness (QED) is 0.752. The first-order valence-electron chi connectivity index (χ1n) is 7.72. The first kappa shape index (κ1) is 14.2. The number of nitrogens with zero attached hydrogens (tertiary/aromatic N) is 3. The van der Waals surface area contributed by atoms with Gasteiger partial charge >= 0.3 is 6.03 Å². The van der Waals surface area contributed by atoms with Gasteiger partial charge in [-0.05, 0) is 42.2 Å². The Labute approximate surface area is 137 Å². The number of carbonyl (C=O) groups excluding carboxylic acids is 1. The van der Waals surface area contributed by atoms with Gasteiger partial charge in [0.1, 0.15) is 12.2 Å². The van der Waals surface area contributed by atoms with Crippen molar-refractivity contribution in [1.82, 2.24) is 20.1 Å². The molecule has 0 aliphatic carbocycles. The minimum atomic E-state index is -0.0769. The summed E-state index contributed by atoms with van der Waals surface area (Å²) in [6.45, 7) is 0.734. The maximum absolute atomic E-state index is 12.8. The summed E-state index contributed by atoms with van der Waals surface area (Å²) in [7, 11) is 0. The van der Waals surface area contributed by atoms with Crippen LogP contribution in [0.4, 0.5) is 10.5 Å². The molecule has 7 heteroatoms. The Kier molecular flexibility index (Phi) is 3.70. The molecular weight excluding hydrogens is 310 g/mol. The molecule has 2 N–H and O–H groups in total. The van der Waals surface area contributed by atoms with E-state index in [1.807, 2.05) is 22.4 Å². The lowest BCUT2D eigenvalue weighted by atomic mass is 10.0. The number of likely N-dealkylation sites (tertiary alicyclic amines) is 1. The van der Waals surface area contributed by atoms with Crippen molar-refractivity contribution in [3.05, 3.63) is 41.8 Å². The largest absolute Gasteiger partial charge is 0.322 e. The number of benzene rings is 1. The zero-order chi connectivity index (χ0) is 15.6. The molecule has 1 unspecified atom stereocenters. The zero-order valence-electron chi connectivity index (χ0n) is 12.5. The van der Waals surface area contributed by atoms with E-state index in [4.69, 9.17) is 0 Å². The van der Waals surface area contributed by atoms with Crippen LogP contribution in [0.25, 0.3) is 10.1 Å². The first-order chi connectivity index (χ1) is 11.3. The van der Waals surface area contributed by atoms with Gasteiger partial charge in [0.05, 0.1) is 16.4 Å². The summed E-state index contributed by atoms with van der Waals surface area (Å²) in [4.78, 5) is 18.9. The number of fused-ring (bicyclic) bond motifs is 1. The number of thiophene rings is 1. The predicted molar refractivity (Wildman–Crippen MR) is 90.5 cm³/mol. The van der Waals surface area contributed by atoms with Crippen LogP contribution >= 0.6 is 11.3 Å². The Balaban J connectivity index is 1.59. The molecule has 1 atom stereocenters. The van der Waals surface area contributed by atoms with E-state index in [-0.39, 0.29) is 12.1 Å². The Hall–Kier alpha value is -2.41. The fourth-order valence-electron chi connectivity index (χ4n) is 3.11. The van der Waals surface area contributed by atoms with Gasteiger partial charge in [0.25, 0.3) is 0 Å². The number of H-pyrrole nitrogens is 1. The van der Waals surface area contributed by atoms with Crippen LogP contribution in [0, 0.1) is 0 Å². The fourth-order valence-corrected chi connectivity index (χ4v) is 3.98. The maximum atomic E-state index is 12.8. The van der Waals surface area contributed by atoms with Gasteiger partial charge in [0.2, 0.25) is 0 Å². The third-order valence-electron chi connectivity index (χ3n) is 4.23. The maximum Gasteiger partial charge on any atom is 0.322 e. The highest BCUT2D eigenvalue weighted by molar-refractivity contribution is 7.17. The molecule has 0 radical (unpaired) electrons. The highest BCUT2D eigenvalue weighted by Gasteiger charge is 2.30. The molecule has 2 amide bonds. The normalized spacial score (nSPS) is 18.3. The molecule has 118 valence electrons. The van der Waals surface area contributed by atoms with E-state index < -0.39 is 0 Å². The lowest BCUT2D eigenvalue weighted by Gasteiger charge is -2.34. The van der Waals surface area contributed by atoms with Crippen molar-refractivity contribution >= 4 is 33.1 Å². The summed E-state index contributed by atoms with van der Waals surface area (Å²) >= 11 is 1.64. The van der Waals surface area contributed by atoms with E-state index in [9.17, 15) is 4.79 Å². The van der Waals surface area contributed by atoms with Gasteiger partial charge < -0.3 is 10.2 Å². The highest BCUT2D eigenvalue weighted by atomic mass is 32.1. The third-order valence-corrected chi connectivity index (χ3v) is 5.20. The van der Waals surface area contributed by atoms with Crippen LogP contribution in [0.15, 0.2) is 36.0 Å². The van der Waals surface area contributed by atoms with Gasteiger partial charge in [0.15, 0.2) is 0 Å². The number of rotatable bonds is 2. The Morgan fingerprint density at radius 3 is 3.17 bits per heavy atom. The lowest BCUT2D eigenvalue weighted by molar-refractivity contribution is 0.159. The van der Waals surface area contributed by atoms with Gasteiger partial charge in [-0.15, -0.1) is 11.3 Å². The number of amides is 2. The van der Waals surface area contributed by atoms with Crippen LogP contribution in [-0.4, -0.2) is 32.7 Å². The smallest absolute Gasteiger partial charge is 0.314 e. The molecule has 3 aromatic rings. The average molecular weight is 327 g/mol. The number of aromatic amines is 1. The number of urea groups is 1. The molecule has 1 aliphatic heterocycles. The molecule has 1 aromatic carbocycles. The van der Waals surface area contributed by atoms with Crippen molar-refractivity contribution < 1.29 is 4.79 Å². The molecule has 4 rings (SSSR count). The standard InChI is InChI=1S/C16H17N5OS/c22-16(19-12-5-3-4-11-7-9-23-14(11)12)21-8-2-1-6-13(21)15-17-10-18-20-15/h3-5,7,9-10,13H,1-2,6,8H2,(H,19,22)(H,17,18,20). The van der Waals surface area contributed by atoms with Crippen LogP contribution in [0.1, 0.15) is 31.1 Å². The molecular formula is C16H17N5OS. The predicted octanol–water partition coefficient (Wildman–Crippen LogP) is 3.78. The molecule has 0 bridgehead atoms. The third kappa shape index (κ3) is 2.68. The minimum Gasteiger partial charge on any atom is -0.314 e. The van der Waals surface area contributed by atoms with Gasteiger partial charge in [-0.1, -0.05) is 12.1 Å². The summed E-state index contributed by atoms with van der Waals surface area (Å²) in [5.74, 6) is 0.759. The van der Waals surface area contributed by atoms with Gasteiger partial charge in [-0.2, -0.15) is 5.10 Å². The van der Waals surface area contributed by atoms with E-state index >= 15 is 0 Å². The summed E-state index contributed by atoms with van der Waals surface area (Å²) in [6, 6.07) is 7.92. The van der Waals surface area contributed by atoms with Crippen LogP contribution in [0.3, 0.4) is 0 Å². The van der Waals surface area contributed by atoms with E-state index in [1.165, 1.54) is 6.33 Å². The topological polar surface area (TPSA) is 73.9 Å². The van der Waals surface area contributed by atoms with Gasteiger partial charge in [-0.25, -0.2) is 9.78 Å². The molecule has 0 spiro atoms. The number of carbonyl (C=O) groups is 1. The summed E-state index contributed by atoms with van der Waals surface area (Å²) in [6.07, 6.45) is 4.51. The Bertz CT molecular complexity index is 813. The summed E-state index contributed by atoms with van der Waals surface area (Å²) in [5.41, 5.74) is 0.865. The monoisotopic (exact) mass is 327 g/mol. The second-order valence-corrected chi connectivity index (χ2v) is 6.57. The van der Waals surface area contributed by atoms with E-state index in [0.29, 0.717) is 0 Å². The van der Waals surface area contributed by atoms with Crippen LogP contribution in [-0.2, 0) is 0 Å². The Morgan fingerprint density at radius 2 is 2.30 bits per heavy atom. The summed E-state index contributed by atoms with van der Waals surface area (Å²) < 4.78 is 1.11. The van der Waals surface area contributed by atoms with Crippen molar-refractivity contribution in [3.63, 3.8) is 0 Å². The molecule has 3 heterocycles. The molecule has 1 aliphatic rings. The number of hydrogen-bond acceptors (Lipinski definition) is 4. The zero-order valence-corrected chi connectivity index (χ0v) is 13.3. The number of aromatic nitrogens is 3. The van der Waals surface area contributed by atoms with E-state index in [1.54, 1.807) is 11.3 Å². The number of piperidine rings is 1. The van der Waals surface area contributed by atoms with Gasteiger partial charge in [0, 0.05) is 6.54 Å². The summed E-state index contributed by atoms with van der Waals surface area (Å²) in [5, 5.41) is 13.1. The van der Waals surface area contributed by atoms with Crippen molar-refractivity contribution in [1.29, 1.82) is 0 Å². The van der Waals surface area contributed by atoms with Crippen molar-refractivity contribution in [2.45, 2.75) is 25.3 Å². The lowest BCUT2D eigenvalue weighted by Crippen LogP contribution is -2.41. The number of anilines is 1. The highest BCUT2D eigenvalue weighted by Crippen LogP contribution is 2.32. The van der Waals surface area contributed by atoms with Crippen LogP contribution in [0.5, 0.6) is 0 Å². The molecule has 6 nitrogen and oxygen atoms in total. The van der Waals surface area contributed by atoms with Crippen LogP contribution < -0.4 is 5.32 Å². The molecule has 2 aromatic heterocycles. The second kappa shape index (κ2) is 6.00.